The molecule has 0 aromatic heterocycles. The van der Waals surface area contributed by atoms with Gasteiger partial charge in [-0.3, -0.25) is 9.59 Å². The van der Waals surface area contributed by atoms with Crippen molar-refractivity contribution in [1.82, 2.24) is 4.90 Å². The van der Waals surface area contributed by atoms with E-state index in [1.54, 1.807) is 17.0 Å². The first kappa shape index (κ1) is 19.5. The second-order valence-electron chi connectivity index (χ2n) is 6.95. The van der Waals surface area contributed by atoms with E-state index in [0.29, 0.717) is 24.9 Å². The van der Waals surface area contributed by atoms with Crippen molar-refractivity contribution in [1.29, 1.82) is 0 Å². The van der Waals surface area contributed by atoms with Crippen LogP contribution in [0.25, 0.3) is 0 Å². The summed E-state index contributed by atoms with van der Waals surface area (Å²) in [6.07, 6.45) is 1.23. The molecule has 0 spiro atoms. The quantitative estimate of drug-likeness (QED) is 0.847. The fraction of sp³-hybridized carbons (Fsp3) is 0.286. The zero-order valence-electron chi connectivity index (χ0n) is 15.4. The Kier molecular flexibility index (Phi) is 5.73. The van der Waals surface area contributed by atoms with Crippen LogP contribution in [0, 0.1) is 18.7 Å². The molecular formula is C21H21FN2O4. The molecule has 0 saturated carbocycles. The number of carboxylic acids is 1. The number of piperidine rings is 1. The Bertz CT molecular complexity index is 911. The molecule has 1 heterocycles. The smallest absolute Gasteiger partial charge is 0.335 e. The predicted octanol–water partition coefficient (Wildman–Crippen LogP) is 3.32. The summed E-state index contributed by atoms with van der Waals surface area (Å²) < 4.78 is 13.9. The number of aryl methyl sites for hydroxylation is 1. The van der Waals surface area contributed by atoms with Crippen LogP contribution < -0.4 is 5.32 Å². The zero-order valence-corrected chi connectivity index (χ0v) is 15.4. The van der Waals surface area contributed by atoms with Crippen LogP contribution in [0.5, 0.6) is 0 Å². The number of nitrogens with one attached hydrogen (secondary N) is 1. The number of carbonyl (C=O) groups excluding carboxylic acids is 2. The molecule has 3 rings (SSSR count). The highest BCUT2D eigenvalue weighted by atomic mass is 19.1. The maximum absolute atomic E-state index is 13.9. The maximum atomic E-state index is 13.9. The summed E-state index contributed by atoms with van der Waals surface area (Å²) in [5, 5.41) is 11.5. The Labute approximate surface area is 162 Å². The monoisotopic (exact) mass is 384 g/mol. The number of hydrogen-bond donors (Lipinski definition) is 2. The minimum atomic E-state index is -1.21. The molecular weight excluding hydrogens is 363 g/mol. The number of carbonyl (C=O) groups is 3. The molecule has 1 saturated heterocycles. The highest BCUT2D eigenvalue weighted by Gasteiger charge is 2.29. The van der Waals surface area contributed by atoms with E-state index in [-0.39, 0.29) is 23.7 Å². The highest BCUT2D eigenvalue weighted by Crippen LogP contribution is 2.22. The molecule has 7 heteroatoms. The third-order valence-electron chi connectivity index (χ3n) is 4.85. The largest absolute Gasteiger partial charge is 0.478 e. The van der Waals surface area contributed by atoms with Crippen LogP contribution in [0.1, 0.15) is 39.1 Å². The molecule has 1 fully saturated rings. The van der Waals surface area contributed by atoms with Gasteiger partial charge in [0.2, 0.25) is 5.91 Å². The van der Waals surface area contributed by atoms with E-state index in [1.165, 1.54) is 0 Å². The van der Waals surface area contributed by atoms with E-state index in [0.717, 1.165) is 23.8 Å². The Morgan fingerprint density at radius 2 is 1.79 bits per heavy atom. The average molecular weight is 384 g/mol. The van der Waals surface area contributed by atoms with Crippen LogP contribution in [-0.4, -0.2) is 40.9 Å². The summed E-state index contributed by atoms with van der Waals surface area (Å²) in [6.45, 7) is 2.73. The van der Waals surface area contributed by atoms with Crippen LogP contribution in [0.2, 0.25) is 0 Å². The number of carboxylic acid groups (broad SMARTS) is 1. The number of amides is 2. The van der Waals surface area contributed by atoms with Gasteiger partial charge in [-0.2, -0.15) is 0 Å². The van der Waals surface area contributed by atoms with Crippen LogP contribution in [-0.2, 0) is 4.79 Å². The molecule has 1 aliphatic rings. The third-order valence-corrected chi connectivity index (χ3v) is 4.85. The fourth-order valence-electron chi connectivity index (χ4n) is 3.24. The average Bonchev–Trinajstić information content (AvgIpc) is 2.69. The van der Waals surface area contributed by atoms with Gasteiger partial charge in [-0.1, -0.05) is 17.7 Å². The number of aromatic carboxylic acids is 1. The number of nitrogens with zero attached hydrogens (tertiary/aromatic N) is 1. The molecule has 6 nitrogen and oxygen atoms in total. The summed E-state index contributed by atoms with van der Waals surface area (Å²) in [5.74, 6) is -2.97. The highest BCUT2D eigenvalue weighted by molar-refractivity contribution is 5.97. The first-order valence-corrected chi connectivity index (χ1v) is 9.05. The van der Waals surface area contributed by atoms with E-state index >= 15 is 0 Å². The van der Waals surface area contributed by atoms with Crippen molar-refractivity contribution >= 4 is 23.5 Å². The van der Waals surface area contributed by atoms with Crippen LogP contribution >= 0.6 is 0 Å². The summed E-state index contributed by atoms with van der Waals surface area (Å²) in [4.78, 5) is 37.9. The predicted molar refractivity (Wildman–Crippen MR) is 102 cm³/mol. The Morgan fingerprint density at radius 1 is 1.11 bits per heavy atom. The number of hydrogen-bond acceptors (Lipinski definition) is 3. The van der Waals surface area contributed by atoms with Gasteiger partial charge < -0.3 is 15.3 Å². The van der Waals surface area contributed by atoms with Gasteiger partial charge in [-0.25, -0.2) is 9.18 Å². The number of likely N-dealkylation sites (tertiary alicyclic amines) is 1. The minimum absolute atomic E-state index is 0.114. The summed E-state index contributed by atoms with van der Waals surface area (Å²) in [6, 6.07) is 10.5. The number of benzene rings is 2. The Morgan fingerprint density at radius 3 is 2.46 bits per heavy atom. The lowest BCUT2D eigenvalue weighted by Gasteiger charge is -2.32. The van der Waals surface area contributed by atoms with Gasteiger partial charge in [0, 0.05) is 18.7 Å². The lowest BCUT2D eigenvalue weighted by Crippen LogP contribution is -2.43. The molecule has 1 atom stereocenters. The molecule has 28 heavy (non-hydrogen) atoms. The molecule has 2 aromatic carbocycles. The molecule has 0 aliphatic carbocycles. The van der Waals surface area contributed by atoms with Crippen molar-refractivity contribution in [3.8, 4) is 0 Å². The van der Waals surface area contributed by atoms with Gasteiger partial charge in [-0.15, -0.1) is 0 Å². The van der Waals surface area contributed by atoms with E-state index < -0.39 is 23.6 Å². The lowest BCUT2D eigenvalue weighted by molar-refractivity contribution is -0.121. The van der Waals surface area contributed by atoms with Crippen molar-refractivity contribution < 1.29 is 23.9 Å². The summed E-state index contributed by atoms with van der Waals surface area (Å²) >= 11 is 0. The van der Waals surface area contributed by atoms with E-state index in [9.17, 15) is 18.8 Å². The summed E-state index contributed by atoms with van der Waals surface area (Å²) in [7, 11) is 0. The molecule has 2 amide bonds. The number of rotatable bonds is 4. The normalized spacial score (nSPS) is 16.5. The van der Waals surface area contributed by atoms with Crippen LogP contribution in [0.15, 0.2) is 42.5 Å². The van der Waals surface area contributed by atoms with Gasteiger partial charge in [0.15, 0.2) is 0 Å². The van der Waals surface area contributed by atoms with Crippen LogP contribution in [0.3, 0.4) is 0 Å². The summed E-state index contributed by atoms with van der Waals surface area (Å²) in [5.41, 5.74) is 1.33. The van der Waals surface area contributed by atoms with Crippen molar-refractivity contribution in [2.24, 2.45) is 5.92 Å². The van der Waals surface area contributed by atoms with Gasteiger partial charge in [0.1, 0.15) is 5.82 Å². The minimum Gasteiger partial charge on any atom is -0.478 e. The first-order valence-electron chi connectivity index (χ1n) is 9.05. The maximum Gasteiger partial charge on any atom is 0.335 e. The van der Waals surface area contributed by atoms with Crippen molar-refractivity contribution in [3.63, 3.8) is 0 Å². The second kappa shape index (κ2) is 8.21. The molecule has 2 N–H and O–H groups in total. The number of anilines is 1. The number of halogens is 1. The molecule has 1 aliphatic heterocycles. The standard InChI is InChI=1S/C21H21FN2O4/c1-13-4-6-14(7-5-13)20(26)24-10-2-3-16(12-24)19(25)23-18-11-15(21(27)28)8-9-17(18)22/h4-9,11,16H,2-3,10,12H2,1H3,(H,23,25)(H,27,28). The Balaban J connectivity index is 1.69. The topological polar surface area (TPSA) is 86.7 Å². The fourth-order valence-corrected chi connectivity index (χ4v) is 3.24. The van der Waals surface area contributed by atoms with Gasteiger partial charge >= 0.3 is 5.97 Å². The van der Waals surface area contributed by atoms with Crippen molar-refractivity contribution in [2.75, 3.05) is 18.4 Å². The first-order chi connectivity index (χ1) is 13.3. The van der Waals surface area contributed by atoms with Gasteiger partial charge in [0.05, 0.1) is 17.2 Å². The van der Waals surface area contributed by atoms with E-state index in [1.807, 2.05) is 19.1 Å². The van der Waals surface area contributed by atoms with Gasteiger partial charge in [-0.05, 0) is 50.1 Å². The van der Waals surface area contributed by atoms with E-state index in [2.05, 4.69) is 5.32 Å². The second-order valence-corrected chi connectivity index (χ2v) is 6.95. The molecule has 0 radical (unpaired) electrons. The zero-order chi connectivity index (χ0) is 20.3. The van der Waals surface area contributed by atoms with Crippen LogP contribution in [0.4, 0.5) is 10.1 Å². The third kappa shape index (κ3) is 4.36. The molecule has 0 bridgehead atoms. The Hall–Kier alpha value is -3.22. The molecule has 2 aromatic rings. The van der Waals surface area contributed by atoms with Crippen molar-refractivity contribution in [3.05, 3.63) is 65.0 Å². The van der Waals surface area contributed by atoms with E-state index in [4.69, 9.17) is 5.11 Å². The molecule has 146 valence electrons. The SMILES string of the molecule is Cc1ccc(C(=O)N2CCCC(C(=O)Nc3cc(C(=O)O)ccc3F)C2)cc1. The lowest BCUT2D eigenvalue weighted by atomic mass is 9.96. The molecule has 1 unspecified atom stereocenters. The van der Waals surface area contributed by atoms with Crippen molar-refractivity contribution in [2.45, 2.75) is 19.8 Å². The van der Waals surface area contributed by atoms with Gasteiger partial charge in [0.25, 0.3) is 5.91 Å².